The molecule has 1 saturated heterocycles. The maximum absolute atomic E-state index is 13.0. The molecule has 0 N–H and O–H groups in total. The Morgan fingerprint density at radius 3 is 2.33 bits per heavy atom. The Labute approximate surface area is 169 Å². The fourth-order valence-electron chi connectivity index (χ4n) is 3.33. The number of alkyl halides is 3. The third kappa shape index (κ3) is 4.14. The van der Waals surface area contributed by atoms with E-state index in [2.05, 4.69) is 5.16 Å². The van der Waals surface area contributed by atoms with E-state index in [0.717, 1.165) is 12.1 Å². The Kier molecular flexibility index (Phi) is 5.19. The van der Waals surface area contributed by atoms with E-state index in [4.69, 9.17) is 4.52 Å². The standard InChI is InChI=1S/C21H17F4N3O2/c22-16-6-4-14(5-7-16)19-13-18(26-30-19)20(29)28-10-8-27(9-11-28)17-3-1-2-15(12-17)21(23,24)25/h1-7,12-13H,8-11H2. The van der Waals surface area contributed by atoms with Crippen LogP contribution in [0.25, 0.3) is 11.3 Å². The molecule has 1 aliphatic rings. The maximum Gasteiger partial charge on any atom is 0.416 e. The number of benzene rings is 2. The van der Waals surface area contributed by atoms with Gasteiger partial charge in [-0.1, -0.05) is 11.2 Å². The summed E-state index contributed by atoms with van der Waals surface area (Å²) in [6, 6.07) is 12.3. The molecule has 5 nitrogen and oxygen atoms in total. The average molecular weight is 419 g/mol. The van der Waals surface area contributed by atoms with E-state index in [1.807, 2.05) is 4.90 Å². The lowest BCUT2D eigenvalue weighted by atomic mass is 10.1. The van der Waals surface area contributed by atoms with Gasteiger partial charge >= 0.3 is 6.18 Å². The lowest BCUT2D eigenvalue weighted by Crippen LogP contribution is -2.48. The minimum absolute atomic E-state index is 0.127. The van der Waals surface area contributed by atoms with Crippen molar-refractivity contribution in [2.24, 2.45) is 0 Å². The van der Waals surface area contributed by atoms with Gasteiger partial charge in [0.2, 0.25) is 0 Å². The first-order valence-electron chi connectivity index (χ1n) is 9.25. The van der Waals surface area contributed by atoms with E-state index in [-0.39, 0.29) is 17.4 Å². The molecule has 156 valence electrons. The third-order valence-electron chi connectivity index (χ3n) is 4.96. The van der Waals surface area contributed by atoms with Gasteiger partial charge in [0, 0.05) is 43.5 Å². The zero-order valence-electron chi connectivity index (χ0n) is 15.7. The fraction of sp³-hybridized carbons (Fsp3) is 0.238. The second-order valence-corrected chi connectivity index (χ2v) is 6.91. The van der Waals surface area contributed by atoms with Crippen LogP contribution in [0.5, 0.6) is 0 Å². The topological polar surface area (TPSA) is 49.6 Å². The monoisotopic (exact) mass is 419 g/mol. The first-order chi connectivity index (χ1) is 14.3. The Hall–Kier alpha value is -3.36. The van der Waals surface area contributed by atoms with Crippen LogP contribution in [0.2, 0.25) is 0 Å². The summed E-state index contributed by atoms with van der Waals surface area (Å²) in [6.07, 6.45) is -4.40. The summed E-state index contributed by atoms with van der Waals surface area (Å²) in [4.78, 5) is 16.1. The van der Waals surface area contributed by atoms with Crippen LogP contribution in [-0.2, 0) is 6.18 Å². The molecule has 0 unspecified atom stereocenters. The smallest absolute Gasteiger partial charge is 0.368 e. The minimum atomic E-state index is -4.40. The normalized spacial score (nSPS) is 14.8. The first-order valence-corrected chi connectivity index (χ1v) is 9.25. The number of carbonyl (C=O) groups is 1. The van der Waals surface area contributed by atoms with Crippen molar-refractivity contribution in [3.05, 3.63) is 71.7 Å². The van der Waals surface area contributed by atoms with Crippen LogP contribution in [-0.4, -0.2) is 42.1 Å². The van der Waals surface area contributed by atoms with Crippen molar-refractivity contribution < 1.29 is 26.9 Å². The molecule has 0 saturated carbocycles. The Balaban J connectivity index is 1.41. The number of aromatic nitrogens is 1. The molecule has 1 fully saturated rings. The molecule has 1 aliphatic heterocycles. The van der Waals surface area contributed by atoms with Crippen molar-refractivity contribution in [2.45, 2.75) is 6.18 Å². The molecular weight excluding hydrogens is 402 g/mol. The molecule has 2 heterocycles. The number of hydrogen-bond acceptors (Lipinski definition) is 4. The van der Waals surface area contributed by atoms with Crippen molar-refractivity contribution >= 4 is 11.6 Å². The quantitative estimate of drug-likeness (QED) is 0.588. The predicted octanol–water partition coefficient (Wildman–Crippen LogP) is 4.46. The number of rotatable bonds is 3. The number of piperazine rings is 1. The highest BCUT2D eigenvalue weighted by molar-refractivity contribution is 5.93. The molecule has 4 rings (SSSR count). The van der Waals surface area contributed by atoms with Gasteiger partial charge < -0.3 is 14.3 Å². The lowest BCUT2D eigenvalue weighted by Gasteiger charge is -2.36. The highest BCUT2D eigenvalue weighted by Crippen LogP contribution is 2.32. The summed E-state index contributed by atoms with van der Waals surface area (Å²) in [5, 5.41) is 3.81. The van der Waals surface area contributed by atoms with Crippen LogP contribution in [0.4, 0.5) is 23.2 Å². The van der Waals surface area contributed by atoms with E-state index < -0.39 is 11.7 Å². The fourth-order valence-corrected chi connectivity index (χ4v) is 3.33. The molecule has 0 spiro atoms. The molecule has 3 aromatic rings. The van der Waals surface area contributed by atoms with Crippen molar-refractivity contribution in [3.63, 3.8) is 0 Å². The summed E-state index contributed by atoms with van der Waals surface area (Å²) >= 11 is 0. The van der Waals surface area contributed by atoms with Crippen molar-refractivity contribution in [1.29, 1.82) is 0 Å². The maximum atomic E-state index is 13.0. The van der Waals surface area contributed by atoms with E-state index >= 15 is 0 Å². The second-order valence-electron chi connectivity index (χ2n) is 6.91. The number of nitrogens with zero attached hydrogens (tertiary/aromatic N) is 3. The van der Waals surface area contributed by atoms with Gasteiger partial charge in [-0.05, 0) is 42.5 Å². The number of carbonyl (C=O) groups excluding carboxylic acids is 1. The van der Waals surface area contributed by atoms with E-state index in [9.17, 15) is 22.4 Å². The number of hydrogen-bond donors (Lipinski definition) is 0. The van der Waals surface area contributed by atoms with Gasteiger partial charge in [0.25, 0.3) is 5.91 Å². The average Bonchev–Trinajstić information content (AvgIpc) is 3.24. The van der Waals surface area contributed by atoms with Gasteiger partial charge in [-0.2, -0.15) is 13.2 Å². The second kappa shape index (κ2) is 7.81. The molecule has 30 heavy (non-hydrogen) atoms. The SMILES string of the molecule is O=C(c1cc(-c2ccc(F)cc2)on1)N1CCN(c2cccc(C(F)(F)F)c2)CC1. The molecule has 0 atom stereocenters. The zero-order chi connectivity index (χ0) is 21.3. The van der Waals surface area contributed by atoms with E-state index in [1.54, 1.807) is 11.0 Å². The number of halogens is 4. The lowest BCUT2D eigenvalue weighted by molar-refractivity contribution is -0.137. The Morgan fingerprint density at radius 2 is 1.67 bits per heavy atom. The molecule has 1 amide bonds. The molecule has 0 aliphatic carbocycles. The minimum Gasteiger partial charge on any atom is -0.368 e. The molecule has 1 aromatic heterocycles. The highest BCUT2D eigenvalue weighted by Gasteiger charge is 2.31. The Bertz CT molecular complexity index is 1040. The molecule has 2 aromatic carbocycles. The van der Waals surface area contributed by atoms with Crippen molar-refractivity contribution in [2.75, 3.05) is 31.1 Å². The molecule has 0 bridgehead atoms. The van der Waals surface area contributed by atoms with E-state index in [0.29, 0.717) is 43.2 Å². The van der Waals surface area contributed by atoms with Crippen LogP contribution in [0.15, 0.2) is 59.1 Å². The molecule has 9 heteroatoms. The number of amides is 1. The van der Waals surface area contributed by atoms with Crippen LogP contribution < -0.4 is 4.90 Å². The number of anilines is 1. The summed E-state index contributed by atoms with van der Waals surface area (Å²) in [6.45, 7) is 1.48. The van der Waals surface area contributed by atoms with Gasteiger partial charge in [-0.25, -0.2) is 4.39 Å². The highest BCUT2D eigenvalue weighted by atomic mass is 19.4. The summed E-state index contributed by atoms with van der Waals surface area (Å²) in [7, 11) is 0. The summed E-state index contributed by atoms with van der Waals surface area (Å²) in [5.41, 5.74) is 0.491. The van der Waals surface area contributed by atoms with Crippen LogP contribution in [0.1, 0.15) is 16.1 Å². The van der Waals surface area contributed by atoms with Crippen molar-refractivity contribution in [3.8, 4) is 11.3 Å². The van der Waals surface area contributed by atoms with Crippen LogP contribution >= 0.6 is 0 Å². The van der Waals surface area contributed by atoms with Crippen molar-refractivity contribution in [1.82, 2.24) is 10.1 Å². The van der Waals surface area contributed by atoms with Gasteiger partial charge in [0.15, 0.2) is 11.5 Å². The van der Waals surface area contributed by atoms with Crippen LogP contribution in [0.3, 0.4) is 0 Å². The Morgan fingerprint density at radius 1 is 0.967 bits per heavy atom. The van der Waals surface area contributed by atoms with Gasteiger partial charge in [-0.3, -0.25) is 4.79 Å². The molecular formula is C21H17F4N3O2. The zero-order valence-corrected chi connectivity index (χ0v) is 15.7. The molecule has 0 radical (unpaired) electrons. The first kappa shape index (κ1) is 19.9. The summed E-state index contributed by atoms with van der Waals surface area (Å²) in [5.74, 6) is -0.357. The third-order valence-corrected chi connectivity index (χ3v) is 4.96. The van der Waals surface area contributed by atoms with Gasteiger partial charge in [-0.15, -0.1) is 0 Å². The summed E-state index contributed by atoms with van der Waals surface area (Å²) < 4.78 is 57.0. The van der Waals surface area contributed by atoms with E-state index in [1.165, 1.54) is 36.4 Å². The van der Waals surface area contributed by atoms with Gasteiger partial charge in [0.05, 0.1) is 5.56 Å². The van der Waals surface area contributed by atoms with Crippen LogP contribution in [0, 0.1) is 5.82 Å². The predicted molar refractivity (Wildman–Crippen MR) is 101 cm³/mol. The largest absolute Gasteiger partial charge is 0.416 e. The van der Waals surface area contributed by atoms with Gasteiger partial charge in [0.1, 0.15) is 5.82 Å².